The molecule has 13 heteroatoms. The highest BCUT2D eigenvalue weighted by molar-refractivity contribution is 9.12. The van der Waals surface area contributed by atoms with Crippen molar-refractivity contribution < 1.29 is 47.4 Å². The zero-order chi connectivity index (χ0) is 31.6. The molecule has 45 heavy (non-hydrogen) atoms. The molecule has 0 aliphatic heterocycles. The summed E-state index contributed by atoms with van der Waals surface area (Å²) in [5, 5.41) is 0. The van der Waals surface area contributed by atoms with Crippen LogP contribution in [-0.2, 0) is 37.9 Å². The van der Waals surface area contributed by atoms with Crippen molar-refractivity contribution in [1.82, 2.24) is 0 Å². The first-order valence-corrected chi connectivity index (χ1v) is 19.0. The van der Waals surface area contributed by atoms with Crippen LogP contribution in [0.15, 0.2) is 7.57 Å². The minimum Gasteiger partial charge on any atom is -0.485 e. The molecule has 0 spiro atoms. The normalized spacial score (nSPS) is 15.9. The van der Waals surface area contributed by atoms with Crippen molar-refractivity contribution in [2.45, 2.75) is 51.4 Å². The molecule has 0 radical (unpaired) electrons. The molecule has 1 heterocycles. The quantitative estimate of drug-likeness (QED) is 0.0801. The van der Waals surface area contributed by atoms with Gasteiger partial charge in [0.2, 0.25) is 0 Å². The van der Waals surface area contributed by atoms with E-state index in [1.165, 1.54) is 62.7 Å². The number of hydrogen-bond acceptors (Lipinski definition) is 11. The summed E-state index contributed by atoms with van der Waals surface area (Å²) in [6, 6.07) is 0. The van der Waals surface area contributed by atoms with Gasteiger partial charge in [0.05, 0.1) is 92.5 Å². The Labute approximate surface area is 290 Å². The predicted octanol–water partition coefficient (Wildman–Crippen LogP) is 6.54. The summed E-state index contributed by atoms with van der Waals surface area (Å²) in [5.74, 6) is 2.82. The fraction of sp³-hybridized carbons (Fsp3) is 0.875. The van der Waals surface area contributed by atoms with Gasteiger partial charge in [0, 0.05) is 13.2 Å². The van der Waals surface area contributed by atoms with Crippen LogP contribution < -0.4 is 9.47 Å². The lowest BCUT2D eigenvalue weighted by Crippen LogP contribution is -2.15. The second-order valence-corrected chi connectivity index (χ2v) is 14.8. The highest BCUT2D eigenvalue weighted by atomic mass is 79.9. The summed E-state index contributed by atoms with van der Waals surface area (Å²) in [4.78, 5) is 0. The fourth-order valence-corrected chi connectivity index (χ4v) is 8.03. The molecule has 0 amide bonds. The summed E-state index contributed by atoms with van der Waals surface area (Å²) < 4.78 is 58.4. The van der Waals surface area contributed by atoms with Crippen LogP contribution in [0.5, 0.6) is 11.5 Å². The van der Waals surface area contributed by atoms with Gasteiger partial charge in [-0.3, -0.25) is 0 Å². The SMILES string of the molecule is Brc1sc(Br)c(OCCOCCOCCOCCOCC2CCCC2)c1OCCOCCOCCOCCOCC1CCCC1. The Morgan fingerprint density at radius 2 is 0.667 bits per heavy atom. The summed E-state index contributed by atoms with van der Waals surface area (Å²) in [7, 11) is 0. The molecule has 0 atom stereocenters. The molecule has 2 saturated carbocycles. The van der Waals surface area contributed by atoms with Crippen LogP contribution in [0.3, 0.4) is 0 Å². The molecule has 262 valence electrons. The van der Waals surface area contributed by atoms with E-state index in [1.54, 1.807) is 0 Å². The first-order valence-electron chi connectivity index (χ1n) is 16.6. The van der Waals surface area contributed by atoms with Crippen LogP contribution >= 0.6 is 43.2 Å². The van der Waals surface area contributed by atoms with Gasteiger partial charge in [-0.25, -0.2) is 0 Å². The smallest absolute Gasteiger partial charge is 0.187 e. The Balaban J connectivity index is 1.06. The lowest BCUT2D eigenvalue weighted by atomic mass is 10.1. The third-order valence-electron chi connectivity index (χ3n) is 7.58. The van der Waals surface area contributed by atoms with E-state index in [4.69, 9.17) is 47.4 Å². The number of thiophene rings is 1. The van der Waals surface area contributed by atoms with Gasteiger partial charge in [0.1, 0.15) is 20.8 Å². The van der Waals surface area contributed by atoms with Gasteiger partial charge in [-0.15, -0.1) is 11.3 Å². The lowest BCUT2D eigenvalue weighted by Gasteiger charge is -2.12. The molecular weight excluding hydrogens is 736 g/mol. The number of hydrogen-bond donors (Lipinski definition) is 0. The summed E-state index contributed by atoms with van der Waals surface area (Å²) in [6.45, 7) is 10.2. The third-order valence-corrected chi connectivity index (χ3v) is 10.00. The number of ether oxygens (including phenoxy) is 10. The Morgan fingerprint density at radius 3 is 0.978 bits per heavy atom. The summed E-state index contributed by atoms with van der Waals surface area (Å²) in [5.41, 5.74) is 0. The van der Waals surface area contributed by atoms with Crippen LogP contribution in [0, 0.1) is 11.8 Å². The standard InChI is InChI=1S/C32H54Br2O10S/c33-31-29(43-23-21-39-15-13-35-9-11-37-17-19-41-25-27-5-1-2-6-27)30(32(34)45-31)44-24-22-40-16-14-36-10-12-38-18-20-42-26-28-7-3-4-8-28/h27-28H,1-26H2. The van der Waals surface area contributed by atoms with Crippen molar-refractivity contribution in [1.29, 1.82) is 0 Å². The van der Waals surface area contributed by atoms with E-state index >= 15 is 0 Å². The molecule has 3 rings (SSSR count). The molecule has 0 N–H and O–H groups in total. The molecule has 0 bridgehead atoms. The van der Waals surface area contributed by atoms with Gasteiger partial charge in [-0.2, -0.15) is 0 Å². The molecule has 2 fully saturated rings. The van der Waals surface area contributed by atoms with Crippen LogP contribution in [0.2, 0.25) is 0 Å². The number of rotatable bonds is 30. The minimum atomic E-state index is 0.396. The number of halogens is 2. The molecule has 1 aromatic heterocycles. The topological polar surface area (TPSA) is 92.3 Å². The van der Waals surface area contributed by atoms with Gasteiger partial charge in [-0.05, 0) is 69.4 Å². The van der Waals surface area contributed by atoms with Gasteiger partial charge in [0.25, 0.3) is 0 Å². The average Bonchev–Trinajstić information content (AvgIpc) is 3.81. The van der Waals surface area contributed by atoms with E-state index in [-0.39, 0.29) is 0 Å². The third kappa shape index (κ3) is 18.9. The average molecular weight is 791 g/mol. The largest absolute Gasteiger partial charge is 0.485 e. The van der Waals surface area contributed by atoms with E-state index in [2.05, 4.69) is 31.9 Å². The van der Waals surface area contributed by atoms with Crippen LogP contribution in [0.1, 0.15) is 51.4 Å². The second-order valence-electron chi connectivity index (χ2n) is 11.1. The van der Waals surface area contributed by atoms with Crippen molar-refractivity contribution in [3.05, 3.63) is 7.57 Å². The highest BCUT2D eigenvalue weighted by Gasteiger charge is 2.19. The molecule has 0 unspecified atom stereocenters. The van der Waals surface area contributed by atoms with E-state index in [1.807, 2.05) is 0 Å². The van der Waals surface area contributed by atoms with Crippen molar-refractivity contribution >= 4 is 43.2 Å². The summed E-state index contributed by atoms with van der Waals surface area (Å²) in [6.07, 6.45) is 10.6. The first-order chi connectivity index (χ1) is 22.2. The van der Waals surface area contributed by atoms with E-state index < -0.39 is 0 Å². The van der Waals surface area contributed by atoms with Gasteiger partial charge >= 0.3 is 0 Å². The molecule has 2 aliphatic rings. The Hall–Kier alpha value is -0.0600. The van der Waals surface area contributed by atoms with Gasteiger partial charge < -0.3 is 47.4 Å². The monoisotopic (exact) mass is 788 g/mol. The molecule has 0 aromatic carbocycles. The molecule has 10 nitrogen and oxygen atoms in total. The molecule has 1 aromatic rings. The maximum atomic E-state index is 5.93. The van der Waals surface area contributed by atoms with Crippen molar-refractivity contribution in [2.24, 2.45) is 11.8 Å². The zero-order valence-electron chi connectivity index (χ0n) is 26.8. The van der Waals surface area contributed by atoms with Crippen molar-refractivity contribution in [3.8, 4) is 11.5 Å². The van der Waals surface area contributed by atoms with E-state index in [0.717, 1.165) is 32.6 Å². The highest BCUT2D eigenvalue weighted by Crippen LogP contribution is 2.48. The predicted molar refractivity (Wildman–Crippen MR) is 181 cm³/mol. The Bertz CT molecular complexity index is 773. The van der Waals surface area contributed by atoms with E-state index in [0.29, 0.717) is 117 Å². The molecular formula is C32H54Br2O10S. The zero-order valence-corrected chi connectivity index (χ0v) is 30.8. The minimum absolute atomic E-state index is 0.396. The van der Waals surface area contributed by atoms with E-state index in [9.17, 15) is 0 Å². The Morgan fingerprint density at radius 1 is 0.400 bits per heavy atom. The van der Waals surface area contributed by atoms with Crippen LogP contribution in [-0.4, -0.2) is 119 Å². The molecule has 2 aliphatic carbocycles. The van der Waals surface area contributed by atoms with Crippen molar-refractivity contribution in [2.75, 3.05) is 119 Å². The van der Waals surface area contributed by atoms with Gasteiger partial charge in [0.15, 0.2) is 11.5 Å². The molecule has 0 saturated heterocycles. The summed E-state index contributed by atoms with van der Waals surface area (Å²) >= 11 is 8.61. The first kappa shape index (κ1) is 39.4. The fourth-order valence-electron chi connectivity index (χ4n) is 5.17. The Kier molecular flexibility index (Phi) is 23.5. The van der Waals surface area contributed by atoms with Crippen LogP contribution in [0.4, 0.5) is 0 Å². The second kappa shape index (κ2) is 26.8. The lowest BCUT2D eigenvalue weighted by molar-refractivity contribution is -0.00865. The van der Waals surface area contributed by atoms with Crippen LogP contribution in [0.25, 0.3) is 0 Å². The maximum Gasteiger partial charge on any atom is 0.187 e. The van der Waals surface area contributed by atoms with Gasteiger partial charge in [-0.1, -0.05) is 25.7 Å². The maximum absolute atomic E-state index is 5.93. The van der Waals surface area contributed by atoms with Crippen molar-refractivity contribution in [3.63, 3.8) is 0 Å².